The number of rotatable bonds is 4. The van der Waals surface area contributed by atoms with Crippen LogP contribution in [0.3, 0.4) is 0 Å². The van der Waals surface area contributed by atoms with Gasteiger partial charge in [0.2, 0.25) is 0 Å². The number of thiazole rings is 1. The van der Waals surface area contributed by atoms with Crippen molar-refractivity contribution in [2.24, 2.45) is 4.99 Å². The van der Waals surface area contributed by atoms with Gasteiger partial charge in [0.15, 0.2) is 4.80 Å². The topological polar surface area (TPSA) is 26.5 Å². The van der Waals surface area contributed by atoms with Crippen molar-refractivity contribution in [3.05, 3.63) is 69.3 Å². The van der Waals surface area contributed by atoms with Crippen LogP contribution in [0.5, 0.6) is 0 Å². The summed E-state index contributed by atoms with van der Waals surface area (Å²) in [5.41, 5.74) is 7.25. The molecule has 4 rings (SSSR count). The maximum atomic E-state index is 5.92. The van der Waals surface area contributed by atoms with Gasteiger partial charge in [-0.25, -0.2) is 4.99 Å². The predicted molar refractivity (Wildman–Crippen MR) is 113 cm³/mol. The number of aromatic nitrogens is 1. The first-order chi connectivity index (χ1) is 13.1. The van der Waals surface area contributed by atoms with Gasteiger partial charge in [-0.3, -0.25) is 0 Å². The molecule has 1 atom stereocenters. The third-order valence-electron chi connectivity index (χ3n) is 5.12. The van der Waals surface area contributed by atoms with Crippen LogP contribution in [0.25, 0.3) is 11.3 Å². The normalized spacial score (nSPS) is 17.6. The van der Waals surface area contributed by atoms with E-state index in [1.54, 1.807) is 11.3 Å². The zero-order valence-electron chi connectivity index (χ0n) is 16.2. The largest absolute Gasteiger partial charge is 0.376 e. The maximum Gasteiger partial charge on any atom is 0.190 e. The Labute approximate surface area is 165 Å². The lowest BCUT2D eigenvalue weighted by atomic mass is 10.1. The van der Waals surface area contributed by atoms with Crippen molar-refractivity contribution in [1.29, 1.82) is 0 Å². The van der Waals surface area contributed by atoms with Gasteiger partial charge in [0.25, 0.3) is 0 Å². The van der Waals surface area contributed by atoms with Gasteiger partial charge in [-0.2, -0.15) is 0 Å². The highest BCUT2D eigenvalue weighted by Crippen LogP contribution is 2.25. The lowest BCUT2D eigenvalue weighted by Gasteiger charge is -2.14. The summed E-state index contributed by atoms with van der Waals surface area (Å²) in [4.78, 5) is 6.05. The number of hydrogen-bond donors (Lipinski definition) is 0. The Balaban J connectivity index is 1.80. The molecule has 1 saturated heterocycles. The first kappa shape index (κ1) is 18.2. The van der Waals surface area contributed by atoms with Crippen molar-refractivity contribution >= 4 is 17.0 Å². The molecule has 0 radical (unpaired) electrons. The summed E-state index contributed by atoms with van der Waals surface area (Å²) >= 11 is 1.71. The van der Waals surface area contributed by atoms with Gasteiger partial charge < -0.3 is 9.30 Å². The Hall–Kier alpha value is -2.17. The van der Waals surface area contributed by atoms with Crippen LogP contribution in [0.4, 0.5) is 5.69 Å². The van der Waals surface area contributed by atoms with E-state index in [9.17, 15) is 0 Å². The van der Waals surface area contributed by atoms with Crippen LogP contribution in [0.15, 0.2) is 52.8 Å². The van der Waals surface area contributed by atoms with E-state index in [1.807, 2.05) is 0 Å². The van der Waals surface area contributed by atoms with Crippen LogP contribution in [0.1, 0.15) is 29.5 Å². The number of aryl methyl sites for hydroxylation is 3. The third-order valence-corrected chi connectivity index (χ3v) is 5.99. The van der Waals surface area contributed by atoms with E-state index in [0.717, 1.165) is 36.5 Å². The Morgan fingerprint density at radius 1 is 1.07 bits per heavy atom. The summed E-state index contributed by atoms with van der Waals surface area (Å²) < 4.78 is 8.26. The summed E-state index contributed by atoms with van der Waals surface area (Å²) in [6.45, 7) is 8.10. The molecule has 2 aromatic carbocycles. The minimum atomic E-state index is 0.280. The molecule has 3 aromatic rings. The fourth-order valence-corrected chi connectivity index (χ4v) is 4.51. The number of benzene rings is 2. The second-order valence-corrected chi connectivity index (χ2v) is 8.25. The number of hydrogen-bond acceptors (Lipinski definition) is 3. The monoisotopic (exact) mass is 378 g/mol. The molecule has 3 nitrogen and oxygen atoms in total. The second-order valence-electron chi connectivity index (χ2n) is 7.42. The highest BCUT2D eigenvalue weighted by Gasteiger charge is 2.19. The van der Waals surface area contributed by atoms with Gasteiger partial charge in [-0.1, -0.05) is 47.5 Å². The van der Waals surface area contributed by atoms with E-state index in [2.05, 4.69) is 73.2 Å². The average Bonchev–Trinajstić information content (AvgIpc) is 3.29. The van der Waals surface area contributed by atoms with Crippen molar-refractivity contribution in [2.75, 3.05) is 6.61 Å². The van der Waals surface area contributed by atoms with E-state index in [0.29, 0.717) is 0 Å². The van der Waals surface area contributed by atoms with E-state index < -0.39 is 0 Å². The molecule has 1 aliphatic rings. The predicted octanol–water partition coefficient (Wildman–Crippen LogP) is 5.55. The Morgan fingerprint density at radius 3 is 2.56 bits per heavy atom. The summed E-state index contributed by atoms with van der Waals surface area (Å²) in [6.07, 6.45) is 2.56. The minimum Gasteiger partial charge on any atom is -0.376 e. The Morgan fingerprint density at radius 2 is 1.85 bits per heavy atom. The first-order valence-electron chi connectivity index (χ1n) is 9.59. The summed E-state index contributed by atoms with van der Waals surface area (Å²) in [5, 5.41) is 2.22. The van der Waals surface area contributed by atoms with Crippen molar-refractivity contribution in [1.82, 2.24) is 4.57 Å². The maximum absolute atomic E-state index is 5.92. The molecule has 0 aliphatic carbocycles. The molecule has 4 heteroatoms. The van der Waals surface area contributed by atoms with Gasteiger partial charge in [0.1, 0.15) is 0 Å². The fraction of sp³-hybridized carbons (Fsp3) is 0.348. The zero-order valence-corrected chi connectivity index (χ0v) is 17.1. The zero-order chi connectivity index (χ0) is 18.8. The molecule has 0 bridgehead atoms. The van der Waals surface area contributed by atoms with E-state index in [-0.39, 0.29) is 6.10 Å². The second kappa shape index (κ2) is 7.83. The molecular weight excluding hydrogens is 352 g/mol. The molecule has 1 aliphatic heterocycles. The van der Waals surface area contributed by atoms with Crippen LogP contribution < -0.4 is 4.80 Å². The molecule has 1 aromatic heterocycles. The summed E-state index contributed by atoms with van der Waals surface area (Å²) in [7, 11) is 0. The molecular formula is C23H26N2OS. The van der Waals surface area contributed by atoms with Crippen molar-refractivity contribution in [3.63, 3.8) is 0 Å². The van der Waals surface area contributed by atoms with Gasteiger partial charge in [0.05, 0.1) is 24.0 Å². The van der Waals surface area contributed by atoms with E-state index in [1.165, 1.54) is 27.9 Å². The highest BCUT2D eigenvalue weighted by molar-refractivity contribution is 7.07. The van der Waals surface area contributed by atoms with Crippen molar-refractivity contribution in [3.8, 4) is 11.3 Å². The van der Waals surface area contributed by atoms with Gasteiger partial charge in [-0.15, -0.1) is 11.3 Å². The Bertz CT molecular complexity index is 992. The van der Waals surface area contributed by atoms with Crippen LogP contribution >= 0.6 is 11.3 Å². The number of nitrogens with zero attached hydrogens (tertiary/aromatic N) is 2. The van der Waals surface area contributed by atoms with Crippen molar-refractivity contribution in [2.45, 2.75) is 46.3 Å². The highest BCUT2D eigenvalue weighted by atomic mass is 32.1. The van der Waals surface area contributed by atoms with Crippen LogP contribution in [-0.4, -0.2) is 17.3 Å². The Kier molecular flexibility index (Phi) is 5.28. The molecule has 1 fully saturated rings. The molecule has 0 amide bonds. The summed E-state index contributed by atoms with van der Waals surface area (Å²) in [6, 6.07) is 15.2. The molecule has 0 spiro atoms. The van der Waals surface area contributed by atoms with Gasteiger partial charge >= 0.3 is 0 Å². The average molecular weight is 379 g/mol. The quantitative estimate of drug-likeness (QED) is 0.584. The van der Waals surface area contributed by atoms with Crippen LogP contribution in [0, 0.1) is 20.8 Å². The lowest BCUT2D eigenvalue weighted by Crippen LogP contribution is -2.24. The van der Waals surface area contributed by atoms with Crippen LogP contribution in [0.2, 0.25) is 0 Å². The SMILES string of the molecule is Cc1ccc(-c2csc(=Nc3ccc(C)cc3C)n2CC2CCCO2)cc1. The molecule has 2 heterocycles. The number of ether oxygens (including phenoxy) is 1. The molecule has 140 valence electrons. The van der Waals surface area contributed by atoms with Gasteiger partial charge in [0, 0.05) is 12.0 Å². The molecule has 0 saturated carbocycles. The first-order valence-corrected chi connectivity index (χ1v) is 10.5. The standard InChI is InChI=1S/C23H26N2OS/c1-16-6-9-19(10-7-16)22-15-27-23(25(22)14-20-5-4-12-26-20)24-21-11-8-17(2)13-18(21)3/h6-11,13,15,20H,4-5,12,14H2,1-3H3. The fourth-order valence-electron chi connectivity index (χ4n) is 3.58. The van der Waals surface area contributed by atoms with Crippen molar-refractivity contribution < 1.29 is 4.74 Å². The lowest BCUT2D eigenvalue weighted by molar-refractivity contribution is 0.0968. The molecule has 1 unspecified atom stereocenters. The van der Waals surface area contributed by atoms with E-state index in [4.69, 9.17) is 9.73 Å². The van der Waals surface area contributed by atoms with Crippen LogP contribution in [-0.2, 0) is 11.3 Å². The molecule has 0 N–H and O–H groups in total. The van der Waals surface area contributed by atoms with Gasteiger partial charge in [-0.05, 0) is 50.8 Å². The summed E-state index contributed by atoms with van der Waals surface area (Å²) in [5.74, 6) is 0. The smallest absolute Gasteiger partial charge is 0.190 e. The van der Waals surface area contributed by atoms with E-state index >= 15 is 0 Å². The minimum absolute atomic E-state index is 0.280. The third kappa shape index (κ3) is 4.07. The molecule has 27 heavy (non-hydrogen) atoms.